The molecule has 0 spiro atoms. The van der Waals surface area contributed by atoms with Gasteiger partial charge in [0, 0.05) is 114 Å². The molecule has 27 rings (SSSR count). The zero-order valence-electron chi connectivity index (χ0n) is 67.5. The Morgan fingerprint density at radius 3 is 0.824 bits per heavy atom. The first-order chi connectivity index (χ1) is 61.7. The van der Waals surface area contributed by atoms with Crippen molar-refractivity contribution < 1.29 is 13.3 Å². The Labute approximate surface area is 712 Å². The maximum absolute atomic E-state index is 9.67. The molecule has 0 aliphatic carbocycles. The minimum absolute atomic E-state index is 0.633. The van der Waals surface area contributed by atoms with Crippen molar-refractivity contribution in [1.82, 2.24) is 27.4 Å². The second-order valence-electron chi connectivity index (χ2n) is 32.5. The van der Waals surface area contributed by atoms with Crippen LogP contribution >= 0.6 is 0 Å². The number of nitriles is 3. The van der Waals surface area contributed by atoms with Crippen LogP contribution in [0.25, 0.3) is 231 Å². The van der Waals surface area contributed by atoms with Crippen molar-refractivity contribution in [2.75, 3.05) is 0 Å². The van der Waals surface area contributed by atoms with Gasteiger partial charge in [-0.3, -0.25) is 0 Å². The van der Waals surface area contributed by atoms with Gasteiger partial charge in [-0.1, -0.05) is 200 Å². The van der Waals surface area contributed by atoms with Crippen molar-refractivity contribution >= 4 is 197 Å². The van der Waals surface area contributed by atoms with E-state index in [0.717, 1.165) is 165 Å². The Balaban J connectivity index is 0.000000102. The third kappa shape index (κ3) is 10.6. The van der Waals surface area contributed by atoms with Gasteiger partial charge in [-0.2, -0.15) is 15.8 Å². The van der Waals surface area contributed by atoms with Crippen LogP contribution < -0.4 is 0 Å². The number of hydrogen-bond acceptors (Lipinski definition) is 6. The highest BCUT2D eigenvalue weighted by atomic mass is 16.3. The quantitative estimate of drug-likeness (QED) is 0.162. The largest absolute Gasteiger partial charge is 0.454 e. The molecule has 27 aromatic rings. The molecule has 0 unspecified atom stereocenters. The molecule has 0 N–H and O–H groups in total. The van der Waals surface area contributed by atoms with Crippen molar-refractivity contribution in [3.05, 3.63) is 398 Å². The van der Waals surface area contributed by atoms with E-state index in [1.54, 1.807) is 0 Å². The van der Waals surface area contributed by atoms with Gasteiger partial charge in [-0.05, 0) is 195 Å². The van der Waals surface area contributed by atoms with Crippen LogP contribution in [0.4, 0.5) is 0 Å². The summed E-state index contributed by atoms with van der Waals surface area (Å²) >= 11 is 0. The van der Waals surface area contributed by atoms with Crippen LogP contribution in [0, 0.1) is 47.8 Å². The Morgan fingerprint density at radius 1 is 0.184 bits per heavy atom. The number of fused-ring (bicyclic) bond motifs is 27. The topological polar surface area (TPSA) is 140 Å². The molecule has 0 fully saturated rings. The summed E-state index contributed by atoms with van der Waals surface area (Å²) in [5, 5.41) is 49.5. The lowest BCUT2D eigenvalue weighted by Crippen LogP contribution is -1.94. The number of hydrogen-bond donors (Lipinski definition) is 0. The van der Waals surface area contributed by atoms with Crippen molar-refractivity contribution in [3.63, 3.8) is 0 Å². The molecule has 0 aliphatic rings. The standard InChI is InChI=1S/2C38H23N3O.C37H21N3O/c1-23-13-17-34-30(19-23)27-8-3-4-10-32(27)40(34)25-15-18-37-31(21-25)29-9-6-12-35(38(29)42-37)41-33-11-5-2-7-26(33)28-16-14-24(22-39)20-36(28)41;1-23-13-16-28-26-7-2-4-10-32(26)40(36(28)19-23)25-15-18-37-31(21-25)29-9-6-12-35(38(29)42-37)41-33-11-5-3-8-27(33)30-20-24(22-39)14-17-34(30)41;38-22-23-16-18-28-27-10-3-6-14-33(27)40(35(28)20-23)34-15-7-11-29-30-21-24(17-19-36(30)41-37(29)34)39-31-12-4-1-8-25(31)26-9-2-5-13-32(26)39/h2*2-21H,1H3;1-21H. The van der Waals surface area contributed by atoms with Gasteiger partial charge in [0.05, 0.1) is 118 Å². The lowest BCUT2D eigenvalue weighted by Gasteiger charge is -2.09. The van der Waals surface area contributed by atoms with Crippen molar-refractivity contribution in [3.8, 4) is 52.3 Å². The van der Waals surface area contributed by atoms with Gasteiger partial charge in [-0.15, -0.1) is 0 Å². The lowest BCUT2D eigenvalue weighted by molar-refractivity contribution is 0.666. The maximum Gasteiger partial charge on any atom is 0.159 e. The van der Waals surface area contributed by atoms with Crippen LogP contribution in [-0.2, 0) is 0 Å². The van der Waals surface area contributed by atoms with Crippen LogP contribution in [0.15, 0.2) is 383 Å². The average Bonchev–Trinajstić information content (AvgIpc) is 1.58. The Hall–Kier alpha value is -17.4. The fourth-order valence-corrected chi connectivity index (χ4v) is 20.1. The molecule has 9 aromatic heterocycles. The van der Waals surface area contributed by atoms with Gasteiger partial charge in [0.1, 0.15) is 16.7 Å². The first kappa shape index (κ1) is 70.6. The zero-order chi connectivity index (χ0) is 83.0. The van der Waals surface area contributed by atoms with E-state index in [-0.39, 0.29) is 0 Å². The zero-order valence-corrected chi connectivity index (χ0v) is 67.5. The predicted octanol–water partition coefficient (Wildman–Crippen LogP) is 29.6. The van der Waals surface area contributed by atoms with Crippen molar-refractivity contribution in [2.45, 2.75) is 13.8 Å². The van der Waals surface area contributed by atoms with Crippen molar-refractivity contribution in [2.24, 2.45) is 0 Å². The van der Waals surface area contributed by atoms with E-state index in [4.69, 9.17) is 13.3 Å². The fraction of sp³-hybridized carbons (Fsp3) is 0.0177. The van der Waals surface area contributed by atoms with Gasteiger partial charge in [-0.25, -0.2) is 0 Å². The summed E-state index contributed by atoms with van der Waals surface area (Å²) in [6.45, 7) is 4.29. The Kier molecular flexibility index (Phi) is 15.4. The molecule has 18 aromatic carbocycles. The number of aryl methyl sites for hydroxylation is 2. The molecule has 0 saturated heterocycles. The highest BCUT2D eigenvalue weighted by molar-refractivity contribution is 6.19. The summed E-state index contributed by atoms with van der Waals surface area (Å²) < 4.78 is 33.6. The van der Waals surface area contributed by atoms with E-state index in [2.05, 4.69) is 369 Å². The smallest absolute Gasteiger partial charge is 0.159 e. The van der Waals surface area contributed by atoms with Gasteiger partial charge >= 0.3 is 0 Å². The normalized spacial score (nSPS) is 11.9. The van der Waals surface area contributed by atoms with Gasteiger partial charge in [0.15, 0.2) is 16.7 Å². The number of aromatic nitrogens is 6. The average molecular weight is 1600 g/mol. The highest BCUT2D eigenvalue weighted by Crippen LogP contribution is 2.46. The fourth-order valence-electron chi connectivity index (χ4n) is 20.1. The lowest BCUT2D eigenvalue weighted by atomic mass is 10.1. The molecule has 0 aliphatic heterocycles. The van der Waals surface area contributed by atoms with Crippen LogP contribution in [0.5, 0.6) is 0 Å². The molecule has 125 heavy (non-hydrogen) atoms. The Morgan fingerprint density at radius 2 is 0.440 bits per heavy atom. The second-order valence-corrected chi connectivity index (χ2v) is 32.5. The predicted molar refractivity (Wildman–Crippen MR) is 511 cm³/mol. The van der Waals surface area contributed by atoms with Gasteiger partial charge in [0.25, 0.3) is 0 Å². The van der Waals surface area contributed by atoms with Gasteiger partial charge in [0.2, 0.25) is 0 Å². The second kappa shape index (κ2) is 27.3. The van der Waals surface area contributed by atoms with E-state index in [1.165, 1.54) is 76.5 Å². The van der Waals surface area contributed by atoms with Gasteiger partial charge < -0.3 is 40.7 Å². The first-order valence-corrected chi connectivity index (χ1v) is 41.8. The van der Waals surface area contributed by atoms with E-state index in [1.807, 2.05) is 60.7 Å². The van der Waals surface area contributed by atoms with E-state index in [9.17, 15) is 15.8 Å². The summed E-state index contributed by atoms with van der Waals surface area (Å²) in [5.41, 5.74) is 29.0. The molecule has 0 atom stereocenters. The summed E-state index contributed by atoms with van der Waals surface area (Å²) in [6.07, 6.45) is 0. The van der Waals surface area contributed by atoms with Crippen LogP contribution in [0.1, 0.15) is 27.8 Å². The summed E-state index contributed by atoms with van der Waals surface area (Å²) in [4.78, 5) is 0. The molecule has 0 amide bonds. The monoisotopic (exact) mass is 1600 g/mol. The number of para-hydroxylation sites is 10. The summed E-state index contributed by atoms with van der Waals surface area (Å²) in [7, 11) is 0. The SMILES string of the molecule is Cc1ccc2c(c1)c1ccccc1n2-c1ccc2oc3c(-n4c5ccccc5c5ccc(C#N)cc54)cccc3c2c1.Cc1ccc2c3ccccc3n(-c3ccc4oc5c(-n6c7ccccc7c7cc(C#N)ccc76)cccc5c4c3)c2c1.N#Cc1ccc2c3ccccc3n(-c3cccc4c3oc3ccc(-n5c6ccccc6c6ccccc65)cc34)c2c1. The summed E-state index contributed by atoms with van der Waals surface area (Å²) in [6, 6.07) is 136. The molecule has 12 nitrogen and oxygen atoms in total. The minimum atomic E-state index is 0.633. The molecular formula is C113H67N9O3. The highest BCUT2D eigenvalue weighted by Gasteiger charge is 2.26. The van der Waals surface area contributed by atoms with E-state index < -0.39 is 0 Å². The maximum atomic E-state index is 9.67. The van der Waals surface area contributed by atoms with E-state index >= 15 is 0 Å². The third-order valence-electron chi connectivity index (χ3n) is 25.5. The molecule has 582 valence electrons. The molecule has 12 heteroatoms. The van der Waals surface area contributed by atoms with E-state index in [0.29, 0.717) is 16.7 Å². The first-order valence-electron chi connectivity index (χ1n) is 41.8. The summed E-state index contributed by atoms with van der Waals surface area (Å²) in [5.74, 6) is 0. The Bertz CT molecular complexity index is 9430. The molecular weight excluding hydrogens is 1530 g/mol. The molecule has 0 radical (unpaired) electrons. The molecule has 0 saturated carbocycles. The third-order valence-corrected chi connectivity index (χ3v) is 25.5. The minimum Gasteiger partial charge on any atom is -0.454 e. The van der Waals surface area contributed by atoms with Crippen LogP contribution in [0.3, 0.4) is 0 Å². The van der Waals surface area contributed by atoms with Crippen LogP contribution in [-0.4, -0.2) is 27.4 Å². The number of nitrogens with zero attached hydrogens (tertiary/aromatic N) is 9. The van der Waals surface area contributed by atoms with Crippen LogP contribution in [0.2, 0.25) is 0 Å². The molecule has 9 heterocycles. The number of benzene rings is 18. The van der Waals surface area contributed by atoms with Crippen molar-refractivity contribution in [1.29, 1.82) is 15.8 Å². The number of furan rings is 3. The molecule has 0 bridgehead atoms. The number of rotatable bonds is 6.